The molecule has 1 heterocycles. The van der Waals surface area contributed by atoms with Crippen molar-refractivity contribution < 1.29 is 0 Å². The van der Waals surface area contributed by atoms with Crippen LogP contribution in [0, 0.1) is 5.92 Å². The summed E-state index contributed by atoms with van der Waals surface area (Å²) in [5, 5.41) is 9.61. The lowest BCUT2D eigenvalue weighted by atomic mass is 9.82. The zero-order valence-corrected chi connectivity index (χ0v) is 12.6. The maximum absolute atomic E-state index is 4.75. The minimum atomic E-state index is 0.564. The largest absolute Gasteiger partial charge is 0.316 e. The summed E-state index contributed by atoms with van der Waals surface area (Å²) in [4.78, 5) is 0. The van der Waals surface area contributed by atoms with Crippen molar-refractivity contribution in [1.82, 2.24) is 15.1 Å². The van der Waals surface area contributed by atoms with Gasteiger partial charge in [0.15, 0.2) is 0 Å². The van der Waals surface area contributed by atoms with Crippen LogP contribution in [0.1, 0.15) is 37.8 Å². The summed E-state index contributed by atoms with van der Waals surface area (Å²) in [5.41, 5.74) is 2.48. The Morgan fingerprint density at radius 3 is 2.75 bits per heavy atom. The summed E-state index contributed by atoms with van der Waals surface area (Å²) < 4.78 is 2.01. The molecule has 1 aliphatic rings. The molecule has 3 nitrogen and oxygen atoms in total. The first-order valence-corrected chi connectivity index (χ1v) is 7.87. The molecule has 1 aliphatic carbocycles. The summed E-state index contributed by atoms with van der Waals surface area (Å²) in [6.45, 7) is 0. The van der Waals surface area contributed by atoms with Gasteiger partial charge in [0, 0.05) is 24.9 Å². The van der Waals surface area contributed by atoms with Crippen LogP contribution in [0.25, 0.3) is 10.9 Å². The number of nitrogens with one attached hydrogen (secondary N) is 1. The van der Waals surface area contributed by atoms with Gasteiger partial charge in [-0.3, -0.25) is 4.68 Å². The lowest BCUT2D eigenvalue weighted by Crippen LogP contribution is -2.36. The molecule has 2 aromatic rings. The van der Waals surface area contributed by atoms with Crippen LogP contribution in [0.15, 0.2) is 24.3 Å². The molecule has 1 aromatic heterocycles. The predicted molar refractivity (Wildman–Crippen MR) is 83.8 cm³/mol. The molecule has 1 aromatic carbocycles. The Morgan fingerprint density at radius 2 is 2.00 bits per heavy atom. The minimum Gasteiger partial charge on any atom is -0.316 e. The van der Waals surface area contributed by atoms with Gasteiger partial charge in [0.25, 0.3) is 0 Å². The molecule has 0 spiro atoms. The summed E-state index contributed by atoms with van der Waals surface area (Å²) in [5.74, 6) is 0.814. The predicted octanol–water partition coefficient (Wildman–Crippen LogP) is 3.28. The van der Waals surface area contributed by atoms with Gasteiger partial charge in [-0.15, -0.1) is 0 Å². The molecule has 1 fully saturated rings. The fourth-order valence-corrected chi connectivity index (χ4v) is 3.69. The zero-order chi connectivity index (χ0) is 13.9. The summed E-state index contributed by atoms with van der Waals surface area (Å²) in [7, 11) is 4.14. The van der Waals surface area contributed by atoms with Crippen LogP contribution in [0.3, 0.4) is 0 Å². The number of hydrogen-bond acceptors (Lipinski definition) is 2. The van der Waals surface area contributed by atoms with E-state index < -0.39 is 0 Å². The lowest BCUT2D eigenvalue weighted by Gasteiger charge is -2.29. The first-order valence-electron chi connectivity index (χ1n) is 7.87. The highest BCUT2D eigenvalue weighted by Gasteiger charge is 2.24. The van der Waals surface area contributed by atoms with Crippen LogP contribution in [-0.4, -0.2) is 22.9 Å². The molecular formula is C17H25N3. The standard InChI is InChI=1S/C17H25N3/c1-18-15(13-8-4-3-5-9-13)12-16-14-10-6-7-11-17(14)20(2)19-16/h6-7,10-11,13,15,18H,3-5,8-9,12H2,1-2H3. The molecule has 3 heteroatoms. The van der Waals surface area contributed by atoms with E-state index in [2.05, 4.69) is 36.6 Å². The number of benzene rings is 1. The quantitative estimate of drug-likeness (QED) is 0.925. The number of fused-ring (bicyclic) bond motifs is 1. The normalized spacial score (nSPS) is 18.5. The lowest BCUT2D eigenvalue weighted by molar-refractivity contribution is 0.275. The SMILES string of the molecule is CNC(Cc1nn(C)c2ccccc12)C1CCCCC1. The van der Waals surface area contributed by atoms with Gasteiger partial charge in [0.1, 0.15) is 0 Å². The molecule has 0 aliphatic heterocycles. The molecule has 0 amide bonds. The van der Waals surface area contributed by atoms with E-state index in [0.717, 1.165) is 12.3 Å². The molecule has 0 radical (unpaired) electrons. The van der Waals surface area contributed by atoms with Crippen molar-refractivity contribution in [2.75, 3.05) is 7.05 Å². The van der Waals surface area contributed by atoms with Crippen molar-refractivity contribution in [2.45, 2.75) is 44.6 Å². The minimum absolute atomic E-state index is 0.564. The van der Waals surface area contributed by atoms with Gasteiger partial charge in [-0.05, 0) is 31.9 Å². The third-order valence-corrected chi connectivity index (χ3v) is 4.84. The second-order valence-corrected chi connectivity index (χ2v) is 6.08. The molecule has 0 saturated heterocycles. The Labute approximate surface area is 121 Å². The van der Waals surface area contributed by atoms with E-state index in [1.807, 2.05) is 11.7 Å². The average molecular weight is 271 g/mol. The maximum atomic E-state index is 4.75. The van der Waals surface area contributed by atoms with Gasteiger partial charge in [-0.2, -0.15) is 5.10 Å². The Bertz CT molecular complexity index is 567. The van der Waals surface area contributed by atoms with Gasteiger partial charge < -0.3 is 5.32 Å². The fraction of sp³-hybridized carbons (Fsp3) is 0.588. The highest BCUT2D eigenvalue weighted by Crippen LogP contribution is 2.29. The first kappa shape index (κ1) is 13.6. The Hall–Kier alpha value is -1.35. The van der Waals surface area contributed by atoms with Gasteiger partial charge in [-0.25, -0.2) is 0 Å². The van der Waals surface area contributed by atoms with Crippen molar-refractivity contribution in [3.8, 4) is 0 Å². The van der Waals surface area contributed by atoms with E-state index in [-0.39, 0.29) is 0 Å². The van der Waals surface area contributed by atoms with Crippen molar-refractivity contribution in [3.05, 3.63) is 30.0 Å². The number of rotatable bonds is 4. The molecule has 20 heavy (non-hydrogen) atoms. The first-order chi connectivity index (χ1) is 9.79. The topological polar surface area (TPSA) is 29.9 Å². The third-order valence-electron chi connectivity index (χ3n) is 4.84. The fourth-order valence-electron chi connectivity index (χ4n) is 3.69. The average Bonchev–Trinajstić information content (AvgIpc) is 2.82. The molecule has 1 saturated carbocycles. The molecular weight excluding hydrogens is 246 g/mol. The number of aromatic nitrogens is 2. The van der Waals surface area contributed by atoms with Gasteiger partial charge in [0.05, 0.1) is 11.2 Å². The van der Waals surface area contributed by atoms with Crippen LogP contribution in [0.2, 0.25) is 0 Å². The highest BCUT2D eigenvalue weighted by molar-refractivity contribution is 5.81. The van der Waals surface area contributed by atoms with Crippen molar-refractivity contribution in [3.63, 3.8) is 0 Å². The highest BCUT2D eigenvalue weighted by atomic mass is 15.3. The van der Waals surface area contributed by atoms with E-state index >= 15 is 0 Å². The number of para-hydroxylation sites is 1. The van der Waals surface area contributed by atoms with Gasteiger partial charge in [0.2, 0.25) is 0 Å². The summed E-state index contributed by atoms with van der Waals surface area (Å²) in [6, 6.07) is 9.12. The number of nitrogens with zero attached hydrogens (tertiary/aromatic N) is 2. The van der Waals surface area contributed by atoms with E-state index in [4.69, 9.17) is 5.10 Å². The zero-order valence-electron chi connectivity index (χ0n) is 12.6. The third kappa shape index (κ3) is 2.59. The molecule has 108 valence electrons. The molecule has 0 bridgehead atoms. The second-order valence-electron chi connectivity index (χ2n) is 6.08. The maximum Gasteiger partial charge on any atom is 0.0718 e. The van der Waals surface area contributed by atoms with Crippen LogP contribution in [-0.2, 0) is 13.5 Å². The number of hydrogen-bond donors (Lipinski definition) is 1. The van der Waals surface area contributed by atoms with Gasteiger partial charge >= 0.3 is 0 Å². The monoisotopic (exact) mass is 271 g/mol. The molecule has 1 atom stereocenters. The van der Waals surface area contributed by atoms with Gasteiger partial charge in [-0.1, -0.05) is 37.5 Å². The Kier molecular flexibility index (Phi) is 4.06. The van der Waals surface area contributed by atoms with E-state index in [1.165, 1.54) is 48.7 Å². The number of aryl methyl sites for hydroxylation is 1. The molecule has 3 rings (SSSR count). The van der Waals surface area contributed by atoms with E-state index in [9.17, 15) is 0 Å². The molecule has 1 N–H and O–H groups in total. The Morgan fingerprint density at radius 1 is 1.25 bits per heavy atom. The van der Waals surface area contributed by atoms with Crippen LogP contribution >= 0.6 is 0 Å². The summed E-state index contributed by atoms with van der Waals surface area (Å²) in [6.07, 6.45) is 7.99. The van der Waals surface area contributed by atoms with E-state index in [0.29, 0.717) is 6.04 Å². The van der Waals surface area contributed by atoms with Crippen LogP contribution in [0.5, 0.6) is 0 Å². The van der Waals surface area contributed by atoms with E-state index in [1.54, 1.807) is 0 Å². The number of likely N-dealkylation sites (N-methyl/N-ethyl adjacent to an activating group) is 1. The summed E-state index contributed by atoms with van der Waals surface area (Å²) >= 11 is 0. The second kappa shape index (κ2) is 5.96. The van der Waals surface area contributed by atoms with Crippen molar-refractivity contribution in [1.29, 1.82) is 0 Å². The Balaban J connectivity index is 1.83. The van der Waals surface area contributed by atoms with Crippen molar-refractivity contribution in [2.24, 2.45) is 13.0 Å². The van der Waals surface area contributed by atoms with Crippen LogP contribution < -0.4 is 5.32 Å². The smallest absolute Gasteiger partial charge is 0.0718 e. The van der Waals surface area contributed by atoms with Crippen molar-refractivity contribution >= 4 is 10.9 Å². The van der Waals surface area contributed by atoms with Crippen LogP contribution in [0.4, 0.5) is 0 Å². The molecule has 1 unspecified atom stereocenters.